The van der Waals surface area contributed by atoms with E-state index in [1.54, 1.807) is 13.2 Å². The van der Waals surface area contributed by atoms with E-state index in [1.807, 2.05) is 0 Å². The first-order chi connectivity index (χ1) is 8.60. The van der Waals surface area contributed by atoms with Crippen LogP contribution in [0, 0.1) is 5.92 Å². The van der Waals surface area contributed by atoms with Crippen molar-refractivity contribution < 1.29 is 24.0 Å². The van der Waals surface area contributed by atoms with E-state index in [2.05, 4.69) is 5.16 Å². The molecule has 0 spiro atoms. The van der Waals surface area contributed by atoms with E-state index < -0.39 is 11.9 Å². The summed E-state index contributed by atoms with van der Waals surface area (Å²) in [6, 6.07) is 1.70. The molecule has 1 aromatic rings. The van der Waals surface area contributed by atoms with Crippen molar-refractivity contribution in [1.29, 1.82) is 0 Å². The minimum absolute atomic E-state index is 0.0537. The van der Waals surface area contributed by atoms with Crippen LogP contribution < -0.4 is 0 Å². The molecular formula is C11H14N2O5. The number of methoxy groups -OCH3 is 1. The second kappa shape index (κ2) is 5.18. The number of ether oxygens (including phenoxy) is 1. The van der Waals surface area contributed by atoms with Crippen molar-refractivity contribution in [2.45, 2.75) is 19.6 Å². The molecule has 1 aliphatic heterocycles. The molecule has 2 heterocycles. The highest BCUT2D eigenvalue weighted by atomic mass is 16.5. The number of amides is 1. The zero-order valence-corrected chi connectivity index (χ0v) is 9.96. The van der Waals surface area contributed by atoms with Crippen molar-refractivity contribution in [3.63, 3.8) is 0 Å². The maximum Gasteiger partial charge on any atom is 0.308 e. The first kappa shape index (κ1) is 12.6. The normalized spacial score (nSPS) is 19.5. The average Bonchev–Trinajstić information content (AvgIpc) is 2.88. The topological polar surface area (TPSA) is 92.9 Å². The van der Waals surface area contributed by atoms with Gasteiger partial charge in [0, 0.05) is 26.1 Å². The number of nitrogens with zero attached hydrogens (tertiary/aromatic N) is 2. The Kier molecular flexibility index (Phi) is 3.61. The third-order valence-corrected chi connectivity index (χ3v) is 2.81. The first-order valence-corrected chi connectivity index (χ1v) is 5.54. The molecule has 0 radical (unpaired) electrons. The molecule has 1 atom stereocenters. The number of hydrogen-bond acceptors (Lipinski definition) is 5. The molecule has 1 saturated heterocycles. The molecule has 0 bridgehead atoms. The van der Waals surface area contributed by atoms with Crippen LogP contribution in [0.2, 0.25) is 0 Å². The summed E-state index contributed by atoms with van der Waals surface area (Å²) < 4.78 is 9.88. The zero-order chi connectivity index (χ0) is 13.1. The number of carboxylic acids is 1. The van der Waals surface area contributed by atoms with E-state index in [1.165, 1.54) is 4.90 Å². The van der Waals surface area contributed by atoms with Gasteiger partial charge in [-0.1, -0.05) is 5.16 Å². The third kappa shape index (κ3) is 2.67. The van der Waals surface area contributed by atoms with E-state index >= 15 is 0 Å². The molecule has 1 unspecified atom stereocenters. The van der Waals surface area contributed by atoms with Crippen LogP contribution in [0.25, 0.3) is 0 Å². The quantitative estimate of drug-likeness (QED) is 0.809. The number of carbonyl (C=O) groups excluding carboxylic acids is 1. The van der Waals surface area contributed by atoms with E-state index in [9.17, 15) is 9.59 Å². The molecular weight excluding hydrogens is 240 g/mol. The van der Waals surface area contributed by atoms with E-state index in [4.69, 9.17) is 14.4 Å². The molecule has 1 fully saturated rings. The summed E-state index contributed by atoms with van der Waals surface area (Å²) in [4.78, 5) is 23.9. The minimum atomic E-state index is -0.939. The van der Waals surface area contributed by atoms with Gasteiger partial charge in [-0.15, -0.1) is 0 Å². The minimum Gasteiger partial charge on any atom is -0.481 e. The number of carbonyl (C=O) groups is 2. The lowest BCUT2D eigenvalue weighted by Crippen LogP contribution is -2.25. The number of rotatable bonds is 5. The Morgan fingerprint density at radius 3 is 3.11 bits per heavy atom. The van der Waals surface area contributed by atoms with Gasteiger partial charge >= 0.3 is 5.97 Å². The van der Waals surface area contributed by atoms with Crippen LogP contribution >= 0.6 is 0 Å². The smallest absolute Gasteiger partial charge is 0.308 e. The van der Waals surface area contributed by atoms with Crippen molar-refractivity contribution >= 4 is 11.9 Å². The molecule has 1 aliphatic rings. The fourth-order valence-corrected chi connectivity index (χ4v) is 1.93. The summed E-state index contributed by atoms with van der Waals surface area (Å²) in [6.07, 6.45) is 0.0537. The molecule has 1 aromatic heterocycles. The maximum atomic E-state index is 11.6. The molecule has 7 nitrogen and oxygen atoms in total. The Bertz CT molecular complexity index is 456. The molecule has 2 rings (SSSR count). The van der Waals surface area contributed by atoms with Gasteiger partial charge in [0.15, 0.2) is 5.76 Å². The lowest BCUT2D eigenvalue weighted by Gasteiger charge is -2.13. The fraction of sp³-hybridized carbons (Fsp3) is 0.545. The third-order valence-electron chi connectivity index (χ3n) is 2.81. The van der Waals surface area contributed by atoms with Gasteiger partial charge in [0.05, 0.1) is 12.5 Å². The second-order valence-corrected chi connectivity index (χ2v) is 4.23. The summed E-state index contributed by atoms with van der Waals surface area (Å²) in [5.41, 5.74) is 0.599. The molecule has 18 heavy (non-hydrogen) atoms. The Balaban J connectivity index is 1.96. The van der Waals surface area contributed by atoms with Gasteiger partial charge in [0.2, 0.25) is 5.91 Å². The summed E-state index contributed by atoms with van der Waals surface area (Å²) in [5.74, 6) is -1.15. The standard InChI is InChI=1S/C11H14N2O5/c1-17-6-9-3-8(12-18-9)5-13-4-7(11(15)16)2-10(13)14/h3,7H,2,4-6H2,1H3,(H,15,16). The van der Waals surface area contributed by atoms with Gasteiger partial charge in [-0.2, -0.15) is 0 Å². The Hall–Kier alpha value is -1.89. The van der Waals surface area contributed by atoms with Crippen LogP contribution in [0.3, 0.4) is 0 Å². The van der Waals surface area contributed by atoms with Crippen LogP contribution in [0.1, 0.15) is 17.9 Å². The summed E-state index contributed by atoms with van der Waals surface area (Å²) >= 11 is 0. The van der Waals surface area contributed by atoms with E-state index in [0.29, 0.717) is 18.1 Å². The maximum absolute atomic E-state index is 11.6. The highest BCUT2D eigenvalue weighted by molar-refractivity contribution is 5.85. The monoisotopic (exact) mass is 254 g/mol. The molecule has 0 saturated carbocycles. The van der Waals surface area contributed by atoms with Crippen molar-refractivity contribution in [3.8, 4) is 0 Å². The fourth-order valence-electron chi connectivity index (χ4n) is 1.93. The van der Waals surface area contributed by atoms with Gasteiger partial charge in [-0.3, -0.25) is 9.59 Å². The van der Waals surface area contributed by atoms with Crippen LogP contribution in [-0.4, -0.2) is 40.7 Å². The molecule has 0 aromatic carbocycles. The molecule has 1 N–H and O–H groups in total. The van der Waals surface area contributed by atoms with Gasteiger partial charge in [-0.25, -0.2) is 0 Å². The summed E-state index contributed by atoms with van der Waals surface area (Å²) in [5, 5.41) is 12.7. The largest absolute Gasteiger partial charge is 0.481 e. The second-order valence-electron chi connectivity index (χ2n) is 4.23. The van der Waals surface area contributed by atoms with Crippen molar-refractivity contribution in [3.05, 3.63) is 17.5 Å². The molecule has 98 valence electrons. The number of aromatic nitrogens is 1. The van der Waals surface area contributed by atoms with Crippen molar-refractivity contribution in [2.24, 2.45) is 5.92 Å². The Morgan fingerprint density at radius 2 is 2.50 bits per heavy atom. The highest BCUT2D eigenvalue weighted by Gasteiger charge is 2.34. The van der Waals surface area contributed by atoms with E-state index in [-0.39, 0.29) is 25.4 Å². The van der Waals surface area contributed by atoms with Gasteiger partial charge in [0.25, 0.3) is 0 Å². The van der Waals surface area contributed by atoms with Crippen LogP contribution in [-0.2, 0) is 27.5 Å². The Morgan fingerprint density at radius 1 is 1.72 bits per heavy atom. The first-order valence-electron chi connectivity index (χ1n) is 5.54. The summed E-state index contributed by atoms with van der Waals surface area (Å²) in [6.45, 7) is 0.815. The molecule has 0 aliphatic carbocycles. The number of carboxylic acid groups (broad SMARTS) is 1. The predicted octanol–water partition coefficient (Wildman–Crippen LogP) is 0.254. The van der Waals surface area contributed by atoms with Crippen LogP contribution in [0.4, 0.5) is 0 Å². The molecule has 7 heteroatoms. The van der Waals surface area contributed by atoms with Crippen molar-refractivity contribution in [2.75, 3.05) is 13.7 Å². The lowest BCUT2D eigenvalue weighted by atomic mass is 10.1. The molecule has 1 amide bonds. The van der Waals surface area contributed by atoms with Gasteiger partial charge in [0.1, 0.15) is 12.3 Å². The van der Waals surface area contributed by atoms with E-state index in [0.717, 1.165) is 0 Å². The number of likely N-dealkylation sites (tertiary alicyclic amines) is 1. The van der Waals surface area contributed by atoms with Crippen molar-refractivity contribution in [1.82, 2.24) is 10.1 Å². The SMILES string of the molecule is COCc1cc(CN2CC(C(=O)O)CC2=O)no1. The van der Waals surface area contributed by atoms with Gasteiger partial charge in [-0.05, 0) is 0 Å². The lowest BCUT2D eigenvalue weighted by molar-refractivity contribution is -0.141. The Labute approximate surface area is 103 Å². The average molecular weight is 254 g/mol. The van der Waals surface area contributed by atoms with Crippen LogP contribution in [0.15, 0.2) is 10.6 Å². The zero-order valence-electron chi connectivity index (χ0n) is 9.96. The summed E-state index contributed by atoms with van der Waals surface area (Å²) in [7, 11) is 1.55. The number of hydrogen-bond donors (Lipinski definition) is 1. The van der Waals surface area contributed by atoms with Crippen LogP contribution in [0.5, 0.6) is 0 Å². The highest BCUT2D eigenvalue weighted by Crippen LogP contribution is 2.20. The number of aliphatic carboxylic acids is 1. The van der Waals surface area contributed by atoms with Gasteiger partial charge < -0.3 is 19.3 Å². The predicted molar refractivity (Wildman–Crippen MR) is 58.4 cm³/mol.